The van der Waals surface area contributed by atoms with E-state index in [2.05, 4.69) is 10.00 Å². The zero-order valence-corrected chi connectivity index (χ0v) is 15.1. The summed E-state index contributed by atoms with van der Waals surface area (Å²) < 4.78 is 14.3. The van der Waals surface area contributed by atoms with Crippen LogP contribution in [0.2, 0.25) is 0 Å². The maximum Gasteiger partial charge on any atom is 0.267 e. The lowest BCUT2D eigenvalue weighted by Gasteiger charge is -2.24. The van der Waals surface area contributed by atoms with Crippen molar-refractivity contribution < 1.29 is 9.18 Å². The molecule has 0 N–H and O–H groups in total. The van der Waals surface area contributed by atoms with Gasteiger partial charge in [-0.1, -0.05) is 0 Å². The van der Waals surface area contributed by atoms with Gasteiger partial charge in [-0.25, -0.2) is 9.07 Å². The van der Waals surface area contributed by atoms with Crippen molar-refractivity contribution in [3.05, 3.63) is 57.8 Å². The average molecular weight is 358 g/mol. The van der Waals surface area contributed by atoms with Crippen molar-refractivity contribution >= 4 is 11.6 Å². The van der Waals surface area contributed by atoms with Gasteiger partial charge in [0.2, 0.25) is 5.91 Å². The molecule has 1 aromatic carbocycles. The predicted molar refractivity (Wildman–Crippen MR) is 97.8 cm³/mol. The lowest BCUT2D eigenvalue weighted by Crippen LogP contribution is -2.39. The Bertz CT molecular complexity index is 848. The van der Waals surface area contributed by atoms with Crippen LogP contribution in [0.15, 0.2) is 35.1 Å². The van der Waals surface area contributed by atoms with Crippen molar-refractivity contribution in [3.63, 3.8) is 0 Å². The highest BCUT2D eigenvalue weighted by Crippen LogP contribution is 2.17. The Kier molecular flexibility index (Phi) is 5.35. The van der Waals surface area contributed by atoms with Crippen LogP contribution in [0.5, 0.6) is 0 Å². The number of carbonyl (C=O) groups excluding carboxylic acids is 1. The van der Waals surface area contributed by atoms with Gasteiger partial charge in [-0.05, 0) is 50.1 Å². The van der Waals surface area contributed by atoms with Crippen molar-refractivity contribution in [2.24, 2.45) is 0 Å². The molecule has 0 unspecified atom stereocenters. The second-order valence-electron chi connectivity index (χ2n) is 6.61. The second-order valence-corrected chi connectivity index (χ2v) is 6.61. The lowest BCUT2D eigenvalue weighted by atomic mass is 10.2. The molecule has 2 aromatic rings. The molecule has 2 heterocycles. The molecular formula is C19H23FN4O2. The molecule has 6 nitrogen and oxygen atoms in total. The Morgan fingerprint density at radius 3 is 2.58 bits per heavy atom. The van der Waals surface area contributed by atoms with Gasteiger partial charge in [0, 0.05) is 37.9 Å². The van der Waals surface area contributed by atoms with E-state index in [1.54, 1.807) is 17.0 Å². The average Bonchev–Trinajstić information content (AvgIpc) is 2.86. The van der Waals surface area contributed by atoms with Gasteiger partial charge < -0.3 is 9.80 Å². The zero-order valence-electron chi connectivity index (χ0n) is 15.1. The smallest absolute Gasteiger partial charge is 0.267 e. The fraction of sp³-hybridized carbons (Fsp3) is 0.421. The van der Waals surface area contributed by atoms with Gasteiger partial charge in [0.15, 0.2) is 0 Å². The highest BCUT2D eigenvalue weighted by Gasteiger charge is 2.20. The topological polar surface area (TPSA) is 58.4 Å². The number of amides is 1. The number of carbonyl (C=O) groups is 1. The first-order valence-electron chi connectivity index (χ1n) is 8.78. The van der Waals surface area contributed by atoms with Crippen molar-refractivity contribution in [1.29, 1.82) is 0 Å². The Morgan fingerprint density at radius 1 is 1.12 bits per heavy atom. The van der Waals surface area contributed by atoms with Gasteiger partial charge in [0.05, 0.1) is 5.69 Å². The zero-order chi connectivity index (χ0) is 18.7. The van der Waals surface area contributed by atoms with Gasteiger partial charge >= 0.3 is 0 Å². The van der Waals surface area contributed by atoms with Gasteiger partial charge in [-0.2, -0.15) is 5.10 Å². The minimum absolute atomic E-state index is 0.0451. The first kappa shape index (κ1) is 18.1. The van der Waals surface area contributed by atoms with Crippen LogP contribution in [-0.2, 0) is 11.3 Å². The van der Waals surface area contributed by atoms with E-state index < -0.39 is 0 Å². The molecule has 1 fully saturated rings. The molecule has 1 aliphatic heterocycles. The number of hydrogen-bond acceptors (Lipinski definition) is 4. The number of rotatable bonds is 3. The molecule has 0 spiro atoms. The number of aryl methyl sites for hydroxylation is 2. The lowest BCUT2D eigenvalue weighted by molar-refractivity contribution is -0.131. The number of hydrogen-bond donors (Lipinski definition) is 0. The van der Waals surface area contributed by atoms with E-state index in [-0.39, 0.29) is 23.8 Å². The third-order valence-electron chi connectivity index (χ3n) is 4.76. The van der Waals surface area contributed by atoms with Crippen LogP contribution in [0.3, 0.4) is 0 Å². The number of aromatic nitrogens is 2. The fourth-order valence-electron chi connectivity index (χ4n) is 3.09. The number of nitrogens with zero attached hydrogens (tertiary/aromatic N) is 4. The quantitative estimate of drug-likeness (QED) is 0.839. The van der Waals surface area contributed by atoms with E-state index in [0.29, 0.717) is 19.6 Å². The molecule has 0 saturated carbocycles. The van der Waals surface area contributed by atoms with Crippen molar-refractivity contribution in [2.45, 2.75) is 26.8 Å². The van der Waals surface area contributed by atoms with E-state index in [0.717, 1.165) is 29.9 Å². The van der Waals surface area contributed by atoms with Crippen LogP contribution in [0, 0.1) is 19.7 Å². The second kappa shape index (κ2) is 7.68. The molecule has 0 radical (unpaired) electrons. The molecule has 0 aliphatic carbocycles. The summed E-state index contributed by atoms with van der Waals surface area (Å²) >= 11 is 0. The molecule has 138 valence electrons. The van der Waals surface area contributed by atoms with E-state index in [9.17, 15) is 14.0 Å². The molecule has 1 aromatic heterocycles. The molecule has 0 bridgehead atoms. The van der Waals surface area contributed by atoms with E-state index in [1.165, 1.54) is 22.9 Å². The molecule has 7 heteroatoms. The monoisotopic (exact) mass is 358 g/mol. The van der Waals surface area contributed by atoms with Crippen LogP contribution in [-0.4, -0.2) is 46.8 Å². The molecule has 0 atom stereocenters. The number of halogens is 1. The minimum Gasteiger partial charge on any atom is -0.370 e. The summed E-state index contributed by atoms with van der Waals surface area (Å²) in [6.45, 7) is 6.28. The van der Waals surface area contributed by atoms with E-state index in [4.69, 9.17) is 0 Å². The number of benzene rings is 1. The van der Waals surface area contributed by atoms with E-state index >= 15 is 0 Å². The Labute approximate surface area is 151 Å². The van der Waals surface area contributed by atoms with Gasteiger partial charge in [-0.3, -0.25) is 9.59 Å². The summed E-state index contributed by atoms with van der Waals surface area (Å²) in [7, 11) is 0. The minimum atomic E-state index is -0.260. The van der Waals surface area contributed by atoms with Crippen molar-refractivity contribution in [1.82, 2.24) is 14.7 Å². The Balaban J connectivity index is 1.65. The number of anilines is 1. The van der Waals surface area contributed by atoms with Crippen molar-refractivity contribution in [2.75, 3.05) is 31.1 Å². The third-order valence-corrected chi connectivity index (χ3v) is 4.76. The molecule has 1 saturated heterocycles. The predicted octanol–water partition coefficient (Wildman–Crippen LogP) is 1.74. The highest BCUT2D eigenvalue weighted by atomic mass is 19.1. The molecule has 1 aliphatic rings. The van der Waals surface area contributed by atoms with E-state index in [1.807, 2.05) is 13.8 Å². The van der Waals surface area contributed by atoms with Crippen LogP contribution in [0.1, 0.15) is 17.7 Å². The van der Waals surface area contributed by atoms with Crippen molar-refractivity contribution in [3.8, 4) is 0 Å². The van der Waals surface area contributed by atoms with Gasteiger partial charge in [0.25, 0.3) is 5.56 Å². The first-order valence-corrected chi connectivity index (χ1v) is 8.78. The van der Waals surface area contributed by atoms with Crippen LogP contribution < -0.4 is 10.5 Å². The largest absolute Gasteiger partial charge is 0.370 e. The summed E-state index contributed by atoms with van der Waals surface area (Å²) in [6.07, 6.45) is 0.818. The summed E-state index contributed by atoms with van der Waals surface area (Å²) in [5.41, 5.74) is 2.26. The SMILES string of the molecule is Cc1cc(=O)n(CC(=O)N2CCCN(c3ccc(F)cc3)CC2)nc1C. The van der Waals surface area contributed by atoms with Gasteiger partial charge in [0.1, 0.15) is 12.4 Å². The highest BCUT2D eigenvalue weighted by molar-refractivity contribution is 5.76. The normalized spacial score (nSPS) is 15.0. The van der Waals surface area contributed by atoms with Gasteiger partial charge in [-0.15, -0.1) is 0 Å². The maximum atomic E-state index is 13.1. The summed E-state index contributed by atoms with van der Waals surface area (Å²) in [5, 5.41) is 4.21. The van der Waals surface area contributed by atoms with Crippen LogP contribution in [0.25, 0.3) is 0 Å². The Morgan fingerprint density at radius 2 is 1.85 bits per heavy atom. The first-order chi connectivity index (χ1) is 12.4. The molecule has 1 amide bonds. The molecule has 26 heavy (non-hydrogen) atoms. The summed E-state index contributed by atoms with van der Waals surface area (Å²) in [4.78, 5) is 28.6. The van der Waals surface area contributed by atoms with Crippen LogP contribution in [0.4, 0.5) is 10.1 Å². The standard InChI is InChI=1S/C19H23FN4O2/c1-14-12-18(25)24(21-15(14)2)13-19(26)23-9-3-8-22(10-11-23)17-6-4-16(20)5-7-17/h4-7,12H,3,8-11,13H2,1-2H3. The maximum absolute atomic E-state index is 13.1. The third kappa shape index (κ3) is 4.09. The summed E-state index contributed by atoms with van der Waals surface area (Å²) in [5.74, 6) is -0.365. The van der Waals surface area contributed by atoms with Crippen LogP contribution >= 0.6 is 0 Å². The Hall–Kier alpha value is -2.70. The summed E-state index contributed by atoms with van der Waals surface area (Å²) in [6, 6.07) is 7.91. The fourth-order valence-corrected chi connectivity index (χ4v) is 3.09. The molecular weight excluding hydrogens is 335 g/mol. The molecule has 3 rings (SSSR count).